The highest BCUT2D eigenvalue weighted by Crippen LogP contribution is 2.15. The molecule has 0 amide bonds. The summed E-state index contributed by atoms with van der Waals surface area (Å²) in [5, 5.41) is 3.57. The van der Waals surface area contributed by atoms with Crippen LogP contribution in [0.25, 0.3) is 0 Å². The van der Waals surface area contributed by atoms with Crippen LogP contribution in [0.4, 0.5) is 5.69 Å². The van der Waals surface area contributed by atoms with E-state index in [9.17, 15) is 0 Å². The van der Waals surface area contributed by atoms with Crippen molar-refractivity contribution in [3.8, 4) is 0 Å². The summed E-state index contributed by atoms with van der Waals surface area (Å²) in [6, 6.07) is 8.96. The maximum absolute atomic E-state index is 3.57. The second-order valence-electron chi connectivity index (χ2n) is 5.15. The predicted octanol–water partition coefficient (Wildman–Crippen LogP) is 4.06. The quantitative estimate of drug-likeness (QED) is 0.722. The van der Waals surface area contributed by atoms with E-state index >= 15 is 0 Å². The fourth-order valence-corrected chi connectivity index (χ4v) is 2.41. The number of nitrogens with one attached hydrogen (secondary N) is 1. The Balaban J connectivity index is 2.44. The Morgan fingerprint density at radius 1 is 0.947 bits per heavy atom. The molecule has 0 radical (unpaired) electrons. The van der Waals surface area contributed by atoms with Gasteiger partial charge in [0.05, 0.1) is 0 Å². The summed E-state index contributed by atoms with van der Waals surface area (Å²) in [5.41, 5.74) is 2.70. The van der Waals surface area contributed by atoms with Crippen LogP contribution in [0.2, 0.25) is 0 Å². The van der Waals surface area contributed by atoms with Crippen LogP contribution in [0.3, 0.4) is 0 Å². The van der Waals surface area contributed by atoms with E-state index in [1.165, 1.54) is 24.1 Å². The first-order valence-electron chi connectivity index (χ1n) is 7.79. The van der Waals surface area contributed by atoms with Gasteiger partial charge in [-0.25, -0.2) is 0 Å². The van der Waals surface area contributed by atoms with Crippen molar-refractivity contribution in [1.82, 2.24) is 5.32 Å². The van der Waals surface area contributed by atoms with Gasteiger partial charge in [-0.05, 0) is 44.0 Å². The first-order valence-corrected chi connectivity index (χ1v) is 7.79. The molecule has 0 saturated heterocycles. The van der Waals surface area contributed by atoms with Crippen LogP contribution in [-0.2, 0) is 6.54 Å². The van der Waals surface area contributed by atoms with Gasteiger partial charge in [-0.3, -0.25) is 0 Å². The Kier molecular flexibility index (Phi) is 7.57. The predicted molar refractivity (Wildman–Crippen MR) is 85.8 cm³/mol. The highest BCUT2D eigenvalue weighted by Gasteiger charge is 2.03. The summed E-state index contributed by atoms with van der Waals surface area (Å²) >= 11 is 0. The van der Waals surface area contributed by atoms with Crippen molar-refractivity contribution in [2.75, 3.05) is 24.5 Å². The van der Waals surface area contributed by atoms with Crippen molar-refractivity contribution in [2.24, 2.45) is 5.92 Å². The lowest BCUT2D eigenvalue weighted by Gasteiger charge is -2.21. The van der Waals surface area contributed by atoms with E-state index in [4.69, 9.17) is 0 Å². The highest BCUT2D eigenvalue weighted by atomic mass is 15.1. The van der Waals surface area contributed by atoms with E-state index < -0.39 is 0 Å². The average molecular weight is 262 g/mol. The summed E-state index contributed by atoms with van der Waals surface area (Å²) in [6.07, 6.45) is 2.54. The van der Waals surface area contributed by atoms with Crippen LogP contribution < -0.4 is 10.2 Å². The molecular weight excluding hydrogens is 232 g/mol. The van der Waals surface area contributed by atoms with Crippen LogP contribution in [-0.4, -0.2) is 19.6 Å². The van der Waals surface area contributed by atoms with Gasteiger partial charge in [0.2, 0.25) is 0 Å². The molecule has 0 saturated carbocycles. The van der Waals surface area contributed by atoms with E-state index in [1.807, 2.05) is 0 Å². The molecule has 0 spiro atoms. The minimum absolute atomic E-state index is 0.815. The van der Waals surface area contributed by atoms with E-state index in [0.717, 1.165) is 32.1 Å². The molecule has 1 N–H and O–H groups in total. The molecule has 0 aromatic heterocycles. The Labute approximate surface area is 119 Å². The zero-order chi connectivity index (χ0) is 14.1. The van der Waals surface area contributed by atoms with Crippen molar-refractivity contribution in [3.63, 3.8) is 0 Å². The summed E-state index contributed by atoms with van der Waals surface area (Å²) in [4.78, 5) is 2.38. The fourth-order valence-electron chi connectivity index (χ4n) is 2.41. The van der Waals surface area contributed by atoms with E-state index in [2.05, 4.69) is 62.2 Å². The minimum atomic E-state index is 0.815. The van der Waals surface area contributed by atoms with Gasteiger partial charge in [0.15, 0.2) is 0 Å². The second kappa shape index (κ2) is 8.98. The number of rotatable bonds is 9. The maximum Gasteiger partial charge on any atom is 0.0366 e. The lowest BCUT2D eigenvalue weighted by atomic mass is 10.0. The molecule has 1 rings (SSSR count). The zero-order valence-corrected chi connectivity index (χ0v) is 13.1. The van der Waals surface area contributed by atoms with Crippen molar-refractivity contribution in [3.05, 3.63) is 29.8 Å². The second-order valence-corrected chi connectivity index (χ2v) is 5.15. The third kappa shape index (κ3) is 5.23. The molecule has 1 aromatic rings. The summed E-state index contributed by atoms with van der Waals surface area (Å²) < 4.78 is 0. The third-order valence-electron chi connectivity index (χ3n) is 3.98. The van der Waals surface area contributed by atoms with Crippen molar-refractivity contribution < 1.29 is 0 Å². The van der Waals surface area contributed by atoms with Crippen molar-refractivity contribution >= 4 is 5.69 Å². The molecule has 0 heterocycles. The van der Waals surface area contributed by atoms with E-state index in [1.54, 1.807) is 0 Å². The molecule has 108 valence electrons. The molecule has 0 aliphatic rings. The fraction of sp³-hybridized carbons (Fsp3) is 0.647. The first-order chi connectivity index (χ1) is 9.24. The molecule has 2 heteroatoms. The van der Waals surface area contributed by atoms with Gasteiger partial charge in [0.1, 0.15) is 0 Å². The van der Waals surface area contributed by atoms with Crippen LogP contribution in [0.5, 0.6) is 0 Å². The van der Waals surface area contributed by atoms with Gasteiger partial charge in [0, 0.05) is 25.3 Å². The van der Waals surface area contributed by atoms with Crippen LogP contribution >= 0.6 is 0 Å². The molecule has 0 aliphatic carbocycles. The lowest BCUT2D eigenvalue weighted by Crippen LogP contribution is -2.22. The van der Waals surface area contributed by atoms with Gasteiger partial charge in [-0.15, -0.1) is 0 Å². The Hall–Kier alpha value is -1.02. The Morgan fingerprint density at radius 3 is 2.00 bits per heavy atom. The van der Waals surface area contributed by atoms with Gasteiger partial charge in [-0.1, -0.05) is 38.8 Å². The number of benzene rings is 1. The van der Waals surface area contributed by atoms with E-state index in [-0.39, 0.29) is 0 Å². The third-order valence-corrected chi connectivity index (χ3v) is 3.98. The first kappa shape index (κ1) is 16.0. The van der Waals surface area contributed by atoms with Crippen LogP contribution in [0, 0.1) is 5.92 Å². The van der Waals surface area contributed by atoms with Crippen LogP contribution in [0.15, 0.2) is 24.3 Å². The number of hydrogen-bond donors (Lipinski definition) is 1. The normalized spacial score (nSPS) is 11.0. The lowest BCUT2D eigenvalue weighted by molar-refractivity contribution is 0.449. The van der Waals surface area contributed by atoms with Gasteiger partial charge in [-0.2, -0.15) is 0 Å². The largest absolute Gasteiger partial charge is 0.372 e. The van der Waals surface area contributed by atoms with Crippen molar-refractivity contribution in [2.45, 2.75) is 47.1 Å². The standard InChI is InChI=1S/C17H30N2/c1-5-15(6-2)13-18-14-16-9-11-17(12-10-16)19(7-3)8-4/h9-12,15,18H,5-8,13-14H2,1-4H3. The van der Waals surface area contributed by atoms with Gasteiger partial charge >= 0.3 is 0 Å². The molecule has 0 bridgehead atoms. The minimum Gasteiger partial charge on any atom is -0.372 e. The van der Waals surface area contributed by atoms with Gasteiger partial charge in [0.25, 0.3) is 0 Å². The summed E-state index contributed by atoms with van der Waals surface area (Å²) in [6.45, 7) is 13.2. The van der Waals surface area contributed by atoms with E-state index in [0.29, 0.717) is 0 Å². The molecule has 0 atom stereocenters. The van der Waals surface area contributed by atoms with Crippen molar-refractivity contribution in [1.29, 1.82) is 0 Å². The molecule has 0 aliphatic heterocycles. The monoisotopic (exact) mass is 262 g/mol. The molecule has 0 unspecified atom stereocenters. The average Bonchev–Trinajstić information content (AvgIpc) is 2.46. The molecule has 1 aromatic carbocycles. The molecule has 2 nitrogen and oxygen atoms in total. The van der Waals surface area contributed by atoms with Gasteiger partial charge < -0.3 is 10.2 Å². The Morgan fingerprint density at radius 2 is 1.53 bits per heavy atom. The molecular formula is C17H30N2. The molecule has 19 heavy (non-hydrogen) atoms. The Bertz CT molecular complexity index is 324. The number of anilines is 1. The van der Waals surface area contributed by atoms with Crippen LogP contribution in [0.1, 0.15) is 46.1 Å². The smallest absolute Gasteiger partial charge is 0.0366 e. The molecule has 0 fully saturated rings. The SMILES string of the molecule is CCC(CC)CNCc1ccc(N(CC)CC)cc1. The number of hydrogen-bond acceptors (Lipinski definition) is 2. The topological polar surface area (TPSA) is 15.3 Å². The zero-order valence-electron chi connectivity index (χ0n) is 13.1. The summed E-state index contributed by atoms with van der Waals surface area (Å²) in [7, 11) is 0. The number of nitrogens with zero attached hydrogens (tertiary/aromatic N) is 1. The maximum atomic E-state index is 3.57. The highest BCUT2D eigenvalue weighted by molar-refractivity contribution is 5.47. The summed E-state index contributed by atoms with van der Waals surface area (Å²) in [5.74, 6) is 0.815.